The Labute approximate surface area is 96.0 Å². The van der Waals surface area contributed by atoms with Crippen LogP contribution in [0.4, 0.5) is 0 Å². The van der Waals surface area contributed by atoms with E-state index < -0.39 is 0 Å². The lowest BCUT2D eigenvalue weighted by molar-refractivity contribution is 0.171. The second-order valence-electron chi connectivity index (χ2n) is 4.71. The Morgan fingerprint density at radius 1 is 1.38 bits per heavy atom. The number of rotatable bonds is 3. The number of hydrogen-bond donors (Lipinski definition) is 1. The van der Waals surface area contributed by atoms with Crippen molar-refractivity contribution in [3.05, 3.63) is 11.7 Å². The summed E-state index contributed by atoms with van der Waals surface area (Å²) in [5.74, 6) is 1.41. The standard InChI is InChI=1S/C11H20N4O/c1-8-13-11(14-16-8)7-15(2)10-5-3-9(12)4-6-10/h9-10H,3-7,12H2,1-2H3. The van der Waals surface area contributed by atoms with Crippen molar-refractivity contribution >= 4 is 0 Å². The molecule has 5 heteroatoms. The molecule has 0 unspecified atom stereocenters. The molecular formula is C11H20N4O. The lowest BCUT2D eigenvalue weighted by Crippen LogP contribution is -2.38. The third-order valence-corrected chi connectivity index (χ3v) is 3.33. The van der Waals surface area contributed by atoms with Gasteiger partial charge in [0, 0.05) is 19.0 Å². The molecule has 2 N–H and O–H groups in total. The van der Waals surface area contributed by atoms with E-state index in [2.05, 4.69) is 22.1 Å². The van der Waals surface area contributed by atoms with Gasteiger partial charge < -0.3 is 10.3 Å². The summed E-state index contributed by atoms with van der Waals surface area (Å²) in [6, 6.07) is 1.01. The van der Waals surface area contributed by atoms with Crippen LogP contribution in [0, 0.1) is 6.92 Å². The van der Waals surface area contributed by atoms with Crippen molar-refractivity contribution in [3.63, 3.8) is 0 Å². The van der Waals surface area contributed by atoms with Crippen molar-refractivity contribution in [1.82, 2.24) is 15.0 Å². The van der Waals surface area contributed by atoms with Crippen LogP contribution in [0.1, 0.15) is 37.4 Å². The molecule has 0 bridgehead atoms. The van der Waals surface area contributed by atoms with E-state index in [1.165, 1.54) is 12.8 Å². The van der Waals surface area contributed by atoms with Crippen molar-refractivity contribution in [2.45, 2.75) is 51.2 Å². The maximum absolute atomic E-state index is 5.89. The SMILES string of the molecule is Cc1nc(CN(C)C2CCC(N)CC2)no1. The first-order valence-electron chi connectivity index (χ1n) is 5.90. The smallest absolute Gasteiger partial charge is 0.223 e. The minimum Gasteiger partial charge on any atom is -0.340 e. The van der Waals surface area contributed by atoms with Gasteiger partial charge in [0.25, 0.3) is 0 Å². The third kappa shape index (κ3) is 2.80. The highest BCUT2D eigenvalue weighted by atomic mass is 16.5. The Hall–Kier alpha value is -0.940. The molecule has 1 heterocycles. The van der Waals surface area contributed by atoms with Crippen molar-refractivity contribution in [2.24, 2.45) is 5.73 Å². The van der Waals surface area contributed by atoms with Gasteiger partial charge in [0.1, 0.15) is 0 Å². The highest BCUT2D eigenvalue weighted by Gasteiger charge is 2.22. The average molecular weight is 224 g/mol. The Kier molecular flexibility index (Phi) is 3.56. The normalized spacial score (nSPS) is 26.2. The molecule has 0 aromatic carbocycles. The lowest BCUT2D eigenvalue weighted by Gasteiger charge is -2.32. The van der Waals surface area contributed by atoms with E-state index in [0.29, 0.717) is 18.0 Å². The van der Waals surface area contributed by atoms with Gasteiger partial charge in [-0.2, -0.15) is 4.98 Å². The molecule has 1 fully saturated rings. The van der Waals surface area contributed by atoms with Crippen LogP contribution >= 0.6 is 0 Å². The molecule has 16 heavy (non-hydrogen) atoms. The van der Waals surface area contributed by atoms with Crippen LogP contribution in [0.2, 0.25) is 0 Å². The summed E-state index contributed by atoms with van der Waals surface area (Å²) in [5.41, 5.74) is 5.89. The monoisotopic (exact) mass is 224 g/mol. The Balaban J connectivity index is 1.85. The van der Waals surface area contributed by atoms with Crippen LogP contribution < -0.4 is 5.73 Å². The van der Waals surface area contributed by atoms with Gasteiger partial charge in [-0.05, 0) is 32.7 Å². The van der Waals surface area contributed by atoms with Gasteiger partial charge in [-0.15, -0.1) is 0 Å². The highest BCUT2D eigenvalue weighted by Crippen LogP contribution is 2.21. The topological polar surface area (TPSA) is 68.2 Å². The maximum Gasteiger partial charge on any atom is 0.223 e. The van der Waals surface area contributed by atoms with Gasteiger partial charge in [0.05, 0.1) is 6.54 Å². The fourth-order valence-electron chi connectivity index (χ4n) is 2.30. The van der Waals surface area contributed by atoms with E-state index in [1.54, 1.807) is 0 Å². The van der Waals surface area contributed by atoms with Crippen molar-refractivity contribution in [1.29, 1.82) is 0 Å². The fourth-order valence-corrected chi connectivity index (χ4v) is 2.30. The van der Waals surface area contributed by atoms with E-state index in [0.717, 1.165) is 25.2 Å². The molecule has 2 rings (SSSR count). The minimum atomic E-state index is 0.400. The molecule has 0 amide bonds. The largest absolute Gasteiger partial charge is 0.340 e. The first-order chi connectivity index (χ1) is 7.65. The summed E-state index contributed by atoms with van der Waals surface area (Å²) in [4.78, 5) is 6.52. The first kappa shape index (κ1) is 11.5. The first-order valence-corrected chi connectivity index (χ1v) is 5.90. The summed E-state index contributed by atoms with van der Waals surface area (Å²) in [5, 5.41) is 3.91. The molecule has 1 saturated carbocycles. The lowest BCUT2D eigenvalue weighted by atomic mass is 9.91. The third-order valence-electron chi connectivity index (χ3n) is 3.33. The molecule has 1 aliphatic rings. The number of nitrogens with zero attached hydrogens (tertiary/aromatic N) is 3. The number of aryl methyl sites for hydroxylation is 1. The molecule has 90 valence electrons. The predicted octanol–water partition coefficient (Wildman–Crippen LogP) is 1.08. The second-order valence-corrected chi connectivity index (χ2v) is 4.71. The summed E-state index contributed by atoms with van der Waals surface area (Å²) in [7, 11) is 2.12. The van der Waals surface area contributed by atoms with E-state index in [1.807, 2.05) is 6.92 Å². The van der Waals surface area contributed by atoms with Crippen molar-refractivity contribution in [2.75, 3.05) is 7.05 Å². The highest BCUT2D eigenvalue weighted by molar-refractivity contribution is 4.86. The molecule has 1 aromatic rings. The average Bonchev–Trinajstić information content (AvgIpc) is 2.65. The van der Waals surface area contributed by atoms with Crippen LogP contribution in [0.25, 0.3) is 0 Å². The molecule has 0 spiro atoms. The van der Waals surface area contributed by atoms with Crippen LogP contribution in [-0.4, -0.2) is 34.2 Å². The molecule has 5 nitrogen and oxygen atoms in total. The van der Waals surface area contributed by atoms with E-state index in [9.17, 15) is 0 Å². The summed E-state index contributed by atoms with van der Waals surface area (Å²) in [6.07, 6.45) is 4.60. The van der Waals surface area contributed by atoms with Crippen molar-refractivity contribution in [3.8, 4) is 0 Å². The van der Waals surface area contributed by atoms with Gasteiger partial charge in [0.2, 0.25) is 5.89 Å². The molecule has 0 saturated heterocycles. The minimum absolute atomic E-state index is 0.400. The second kappa shape index (κ2) is 4.93. The number of nitrogens with two attached hydrogens (primary N) is 1. The molecule has 0 radical (unpaired) electrons. The molecular weight excluding hydrogens is 204 g/mol. The van der Waals surface area contributed by atoms with Gasteiger partial charge in [-0.1, -0.05) is 5.16 Å². The van der Waals surface area contributed by atoms with Gasteiger partial charge in [-0.3, -0.25) is 4.90 Å². The van der Waals surface area contributed by atoms with E-state index >= 15 is 0 Å². The number of hydrogen-bond acceptors (Lipinski definition) is 5. The van der Waals surface area contributed by atoms with Gasteiger partial charge >= 0.3 is 0 Å². The quantitative estimate of drug-likeness (QED) is 0.832. The molecule has 0 aliphatic heterocycles. The zero-order valence-corrected chi connectivity index (χ0v) is 10.0. The summed E-state index contributed by atoms with van der Waals surface area (Å²) in [6.45, 7) is 2.58. The summed E-state index contributed by atoms with van der Waals surface area (Å²) < 4.78 is 4.96. The zero-order valence-electron chi connectivity index (χ0n) is 10.0. The van der Waals surface area contributed by atoms with E-state index in [-0.39, 0.29) is 0 Å². The Morgan fingerprint density at radius 2 is 2.06 bits per heavy atom. The van der Waals surface area contributed by atoms with Gasteiger partial charge in [0.15, 0.2) is 5.82 Å². The fraction of sp³-hybridized carbons (Fsp3) is 0.818. The molecule has 1 aliphatic carbocycles. The Morgan fingerprint density at radius 3 is 2.62 bits per heavy atom. The molecule has 0 atom stereocenters. The Bertz CT molecular complexity index is 330. The summed E-state index contributed by atoms with van der Waals surface area (Å²) >= 11 is 0. The maximum atomic E-state index is 5.89. The molecule has 1 aromatic heterocycles. The van der Waals surface area contributed by atoms with Crippen LogP contribution in [0.5, 0.6) is 0 Å². The number of aromatic nitrogens is 2. The van der Waals surface area contributed by atoms with Crippen molar-refractivity contribution < 1.29 is 4.52 Å². The van der Waals surface area contributed by atoms with Crippen LogP contribution in [0.3, 0.4) is 0 Å². The zero-order chi connectivity index (χ0) is 11.5. The van der Waals surface area contributed by atoms with Gasteiger partial charge in [-0.25, -0.2) is 0 Å². The predicted molar refractivity (Wildman–Crippen MR) is 60.7 cm³/mol. The van der Waals surface area contributed by atoms with E-state index in [4.69, 9.17) is 10.3 Å². The van der Waals surface area contributed by atoms with Crippen LogP contribution in [0.15, 0.2) is 4.52 Å². The van der Waals surface area contributed by atoms with Crippen LogP contribution in [-0.2, 0) is 6.54 Å².